The molecule has 2 aromatic heterocycles. The summed E-state index contributed by atoms with van der Waals surface area (Å²) in [5, 5.41) is 6.80. The molecular formula is C21H23ClN6O2S. The van der Waals surface area contributed by atoms with E-state index >= 15 is 0 Å². The van der Waals surface area contributed by atoms with E-state index in [1.54, 1.807) is 23.5 Å². The van der Waals surface area contributed by atoms with Crippen molar-refractivity contribution in [3.05, 3.63) is 57.6 Å². The van der Waals surface area contributed by atoms with Gasteiger partial charge in [0.2, 0.25) is 17.6 Å². The molecule has 0 saturated carbocycles. The van der Waals surface area contributed by atoms with Crippen LogP contribution in [0.25, 0.3) is 11.4 Å². The number of thiophene rings is 1. The van der Waals surface area contributed by atoms with Crippen LogP contribution >= 0.6 is 22.9 Å². The van der Waals surface area contributed by atoms with Crippen molar-refractivity contribution in [2.45, 2.75) is 25.0 Å². The van der Waals surface area contributed by atoms with Gasteiger partial charge in [0.15, 0.2) is 0 Å². The molecule has 2 unspecified atom stereocenters. The first kappa shape index (κ1) is 20.6. The molecule has 0 radical (unpaired) electrons. The average molecular weight is 459 g/mol. The van der Waals surface area contributed by atoms with E-state index < -0.39 is 0 Å². The lowest BCUT2D eigenvalue weighted by Crippen LogP contribution is -2.53. The molecule has 2 saturated heterocycles. The number of rotatable bonds is 5. The van der Waals surface area contributed by atoms with Gasteiger partial charge in [0.1, 0.15) is 6.04 Å². The molecule has 162 valence electrons. The van der Waals surface area contributed by atoms with Gasteiger partial charge in [-0.15, -0.1) is 11.3 Å². The summed E-state index contributed by atoms with van der Waals surface area (Å²) >= 11 is 7.64. The third-order valence-electron chi connectivity index (χ3n) is 5.70. The van der Waals surface area contributed by atoms with E-state index in [-0.39, 0.29) is 18.0 Å². The Hall–Kier alpha value is -2.30. The summed E-state index contributed by atoms with van der Waals surface area (Å²) in [5.74, 6) is 1.29. The maximum absolute atomic E-state index is 12.9. The van der Waals surface area contributed by atoms with Gasteiger partial charge in [0.05, 0.1) is 12.6 Å². The molecule has 31 heavy (non-hydrogen) atoms. The summed E-state index contributed by atoms with van der Waals surface area (Å²) in [6, 6.07) is 11.5. The molecule has 1 aromatic carbocycles. The predicted molar refractivity (Wildman–Crippen MR) is 118 cm³/mol. The fourth-order valence-electron chi connectivity index (χ4n) is 3.97. The minimum Gasteiger partial charge on any atom is -0.339 e. The first-order chi connectivity index (χ1) is 15.2. The molecule has 0 bridgehead atoms. The highest BCUT2D eigenvalue weighted by Gasteiger charge is 2.34. The number of nitrogens with zero attached hydrogens (tertiary/aromatic N) is 4. The first-order valence-electron chi connectivity index (χ1n) is 10.3. The Morgan fingerprint density at radius 2 is 1.97 bits per heavy atom. The molecule has 0 spiro atoms. The van der Waals surface area contributed by atoms with E-state index in [0.29, 0.717) is 36.4 Å². The smallest absolute Gasteiger partial charge is 0.241 e. The van der Waals surface area contributed by atoms with Crippen molar-refractivity contribution in [3.8, 4) is 11.4 Å². The third-order valence-corrected chi connectivity index (χ3v) is 6.94. The van der Waals surface area contributed by atoms with Gasteiger partial charge in [-0.25, -0.2) is 10.9 Å². The molecule has 4 heterocycles. The number of benzene rings is 1. The lowest BCUT2D eigenvalue weighted by atomic mass is 10.1. The largest absolute Gasteiger partial charge is 0.339 e. The number of hydrogen-bond acceptors (Lipinski definition) is 8. The van der Waals surface area contributed by atoms with Gasteiger partial charge in [0.25, 0.3) is 0 Å². The molecule has 8 nitrogen and oxygen atoms in total. The zero-order valence-electron chi connectivity index (χ0n) is 16.8. The highest BCUT2D eigenvalue weighted by molar-refractivity contribution is 7.10. The average Bonchev–Trinajstić information content (AvgIpc) is 3.55. The minimum atomic E-state index is -0.184. The predicted octanol–water partition coefficient (Wildman–Crippen LogP) is 2.70. The van der Waals surface area contributed by atoms with Crippen LogP contribution in [0.15, 0.2) is 46.3 Å². The first-order valence-corrected chi connectivity index (χ1v) is 11.6. The van der Waals surface area contributed by atoms with Gasteiger partial charge in [-0.1, -0.05) is 22.8 Å². The molecule has 2 fully saturated rings. The Labute approximate surface area is 189 Å². The van der Waals surface area contributed by atoms with Crippen LogP contribution in [-0.2, 0) is 11.3 Å². The molecule has 1 amide bonds. The molecular weight excluding hydrogens is 436 g/mol. The summed E-state index contributed by atoms with van der Waals surface area (Å²) in [5.41, 5.74) is 7.30. The van der Waals surface area contributed by atoms with Gasteiger partial charge in [-0.3, -0.25) is 9.69 Å². The number of hydrogen-bond donors (Lipinski definition) is 2. The molecule has 5 rings (SSSR count). The monoisotopic (exact) mass is 458 g/mol. The van der Waals surface area contributed by atoms with Gasteiger partial charge in [0, 0.05) is 41.6 Å². The van der Waals surface area contributed by atoms with E-state index in [1.165, 1.54) is 4.88 Å². The normalized spacial score (nSPS) is 22.2. The van der Waals surface area contributed by atoms with Crippen LogP contribution in [0.1, 0.15) is 23.2 Å². The zero-order chi connectivity index (χ0) is 21.2. The summed E-state index contributed by atoms with van der Waals surface area (Å²) in [4.78, 5) is 22.8. The molecule has 2 aliphatic heterocycles. The van der Waals surface area contributed by atoms with Crippen LogP contribution in [0.5, 0.6) is 0 Å². The van der Waals surface area contributed by atoms with Crippen molar-refractivity contribution >= 4 is 28.8 Å². The van der Waals surface area contributed by atoms with Crippen LogP contribution in [0.2, 0.25) is 5.02 Å². The number of carbonyl (C=O) groups excluding carboxylic acids is 1. The zero-order valence-corrected chi connectivity index (χ0v) is 18.4. The van der Waals surface area contributed by atoms with Crippen LogP contribution < -0.4 is 10.9 Å². The maximum atomic E-state index is 12.9. The Bertz CT molecular complexity index is 1020. The second-order valence-corrected chi connectivity index (χ2v) is 9.18. The lowest BCUT2D eigenvalue weighted by Gasteiger charge is -2.35. The van der Waals surface area contributed by atoms with Crippen LogP contribution in [0.4, 0.5) is 0 Å². The fourth-order valence-corrected chi connectivity index (χ4v) is 4.88. The number of halogens is 1. The maximum Gasteiger partial charge on any atom is 0.241 e. The molecule has 0 aliphatic carbocycles. The second-order valence-electron chi connectivity index (χ2n) is 7.77. The van der Waals surface area contributed by atoms with E-state index in [1.807, 2.05) is 23.1 Å². The van der Waals surface area contributed by atoms with E-state index in [0.717, 1.165) is 25.1 Å². The number of aromatic nitrogens is 2. The second kappa shape index (κ2) is 9.05. The molecule has 3 aromatic rings. The molecule has 10 heteroatoms. The highest BCUT2D eigenvalue weighted by Crippen LogP contribution is 2.27. The van der Waals surface area contributed by atoms with Crippen molar-refractivity contribution in [1.29, 1.82) is 0 Å². The van der Waals surface area contributed by atoms with Crippen molar-refractivity contribution in [3.63, 3.8) is 0 Å². The van der Waals surface area contributed by atoms with E-state index in [4.69, 9.17) is 16.1 Å². The van der Waals surface area contributed by atoms with Crippen molar-refractivity contribution < 1.29 is 9.32 Å². The minimum absolute atomic E-state index is 0.161. The summed E-state index contributed by atoms with van der Waals surface area (Å²) < 4.78 is 5.42. The van der Waals surface area contributed by atoms with Gasteiger partial charge in [-0.2, -0.15) is 4.98 Å². The fraction of sp³-hybridized carbons (Fsp3) is 0.381. The van der Waals surface area contributed by atoms with Crippen molar-refractivity contribution in [2.75, 3.05) is 26.2 Å². The van der Waals surface area contributed by atoms with E-state index in [9.17, 15) is 4.79 Å². The Kier molecular flexibility index (Phi) is 6.02. The standard InChI is InChI=1S/C21H23ClN6O2S/c22-15-5-3-14(4-6-15)20-23-19(30-26-20)13-27-7-9-28(10-8-27)21(29)17-12-16(24-25-17)18-2-1-11-31-18/h1-6,11,16-17,24-25H,7-10,12-13H2. The highest BCUT2D eigenvalue weighted by atomic mass is 35.5. The molecule has 2 aliphatic rings. The van der Waals surface area contributed by atoms with Crippen LogP contribution in [0, 0.1) is 0 Å². The summed E-state index contributed by atoms with van der Waals surface area (Å²) in [6.07, 6.45) is 0.773. The molecule has 2 atom stereocenters. The van der Waals surface area contributed by atoms with Gasteiger partial charge >= 0.3 is 0 Å². The van der Waals surface area contributed by atoms with Gasteiger partial charge in [-0.05, 0) is 42.1 Å². The number of nitrogens with one attached hydrogen (secondary N) is 2. The third kappa shape index (κ3) is 4.65. The van der Waals surface area contributed by atoms with Crippen LogP contribution in [-0.4, -0.2) is 58.1 Å². The SMILES string of the molecule is O=C(C1CC(c2cccs2)NN1)N1CCN(Cc2nc(-c3ccc(Cl)cc3)no2)CC1. The molecule has 2 N–H and O–H groups in total. The number of amides is 1. The number of piperazine rings is 1. The quantitative estimate of drug-likeness (QED) is 0.607. The Morgan fingerprint density at radius 3 is 2.71 bits per heavy atom. The summed E-state index contributed by atoms with van der Waals surface area (Å²) in [7, 11) is 0. The Morgan fingerprint density at radius 1 is 1.16 bits per heavy atom. The number of carbonyl (C=O) groups is 1. The van der Waals surface area contributed by atoms with Crippen molar-refractivity contribution in [1.82, 2.24) is 30.8 Å². The Balaban J connectivity index is 1.12. The summed E-state index contributed by atoms with van der Waals surface area (Å²) in [6.45, 7) is 3.52. The lowest BCUT2D eigenvalue weighted by molar-refractivity contribution is -0.135. The number of hydrazine groups is 1. The topological polar surface area (TPSA) is 86.5 Å². The van der Waals surface area contributed by atoms with Crippen molar-refractivity contribution in [2.24, 2.45) is 0 Å². The van der Waals surface area contributed by atoms with Gasteiger partial charge < -0.3 is 9.42 Å². The van der Waals surface area contributed by atoms with E-state index in [2.05, 4.69) is 37.3 Å². The van der Waals surface area contributed by atoms with Crippen LogP contribution in [0.3, 0.4) is 0 Å².